The van der Waals surface area contributed by atoms with Crippen LogP contribution in [0.3, 0.4) is 0 Å². The summed E-state index contributed by atoms with van der Waals surface area (Å²) < 4.78 is 18.7. The average molecular weight is 362 g/mol. The number of benzene rings is 3. The Morgan fingerprint density at radius 3 is 2.56 bits per heavy atom. The molecule has 1 amide bonds. The fraction of sp³-hybridized carbons (Fsp3) is 0.0909. The third kappa shape index (κ3) is 5.51. The van der Waals surface area contributed by atoms with Gasteiger partial charge in [0, 0.05) is 5.56 Å². The molecule has 0 saturated heterocycles. The van der Waals surface area contributed by atoms with Gasteiger partial charge in [-0.2, -0.15) is 5.10 Å². The number of aryl methyl sites for hydroxylation is 1. The van der Waals surface area contributed by atoms with Gasteiger partial charge in [-0.3, -0.25) is 4.79 Å². The van der Waals surface area contributed by atoms with Crippen LogP contribution in [0.5, 0.6) is 5.75 Å². The van der Waals surface area contributed by atoms with E-state index in [0.29, 0.717) is 17.9 Å². The van der Waals surface area contributed by atoms with Crippen molar-refractivity contribution >= 4 is 12.1 Å². The Bertz CT molecular complexity index is 935. The third-order valence-corrected chi connectivity index (χ3v) is 3.87. The minimum atomic E-state index is -0.405. The summed E-state index contributed by atoms with van der Waals surface area (Å²) >= 11 is 0. The minimum Gasteiger partial charge on any atom is -0.489 e. The molecule has 1 N–H and O–H groups in total. The average Bonchev–Trinajstić information content (AvgIpc) is 2.68. The smallest absolute Gasteiger partial charge is 0.271 e. The van der Waals surface area contributed by atoms with E-state index in [1.54, 1.807) is 0 Å². The second-order valence-electron chi connectivity index (χ2n) is 6.05. The van der Waals surface area contributed by atoms with Crippen molar-refractivity contribution in [2.24, 2.45) is 5.10 Å². The van der Waals surface area contributed by atoms with E-state index in [0.717, 1.165) is 11.1 Å². The molecule has 0 aliphatic carbocycles. The summed E-state index contributed by atoms with van der Waals surface area (Å²) in [6, 6.07) is 20.8. The predicted molar refractivity (Wildman–Crippen MR) is 103 cm³/mol. The van der Waals surface area contributed by atoms with Crippen molar-refractivity contribution in [3.63, 3.8) is 0 Å². The van der Waals surface area contributed by atoms with E-state index in [1.165, 1.54) is 36.0 Å². The van der Waals surface area contributed by atoms with Crippen LogP contribution >= 0.6 is 0 Å². The Labute approximate surface area is 157 Å². The van der Waals surface area contributed by atoms with Gasteiger partial charge in [-0.1, -0.05) is 42.0 Å². The standard InChI is InChI=1S/C22H19FN2O2/c1-16-5-7-17(8-6-16)15-27-21-4-2-3-18(13-21)14-24-25-22(26)19-9-11-20(23)12-10-19/h2-14H,15H2,1H3,(H,25,26)/b24-14-. The summed E-state index contributed by atoms with van der Waals surface area (Å²) in [4.78, 5) is 11.9. The van der Waals surface area contributed by atoms with Crippen molar-refractivity contribution < 1.29 is 13.9 Å². The molecule has 0 aromatic heterocycles. The van der Waals surface area contributed by atoms with Crippen molar-refractivity contribution in [1.29, 1.82) is 0 Å². The molecule has 0 atom stereocenters. The normalized spacial score (nSPS) is 10.7. The Morgan fingerprint density at radius 1 is 1.07 bits per heavy atom. The lowest BCUT2D eigenvalue weighted by Crippen LogP contribution is -2.17. The van der Waals surface area contributed by atoms with E-state index in [2.05, 4.69) is 10.5 Å². The van der Waals surface area contributed by atoms with Gasteiger partial charge >= 0.3 is 0 Å². The first kappa shape index (κ1) is 18.3. The molecule has 3 rings (SSSR count). The SMILES string of the molecule is Cc1ccc(COc2cccc(/C=N\NC(=O)c3ccc(F)cc3)c2)cc1. The van der Waals surface area contributed by atoms with Gasteiger partial charge in [-0.15, -0.1) is 0 Å². The van der Waals surface area contributed by atoms with E-state index in [1.807, 2.05) is 55.5 Å². The number of hydrogen-bond donors (Lipinski definition) is 1. The molecule has 0 aliphatic heterocycles. The van der Waals surface area contributed by atoms with Gasteiger partial charge in [0.25, 0.3) is 5.91 Å². The van der Waals surface area contributed by atoms with Gasteiger partial charge in [0.2, 0.25) is 0 Å². The number of carbonyl (C=O) groups excluding carboxylic acids is 1. The molecule has 0 bridgehead atoms. The van der Waals surface area contributed by atoms with Crippen LogP contribution in [0.2, 0.25) is 0 Å². The van der Waals surface area contributed by atoms with Gasteiger partial charge in [0.1, 0.15) is 18.2 Å². The molecular formula is C22H19FN2O2. The second-order valence-corrected chi connectivity index (χ2v) is 6.05. The van der Waals surface area contributed by atoms with Gasteiger partial charge in [0.15, 0.2) is 0 Å². The van der Waals surface area contributed by atoms with Crippen LogP contribution in [0.25, 0.3) is 0 Å². The number of nitrogens with one attached hydrogen (secondary N) is 1. The van der Waals surface area contributed by atoms with Crippen LogP contribution in [0.1, 0.15) is 27.0 Å². The summed E-state index contributed by atoms with van der Waals surface area (Å²) in [6.45, 7) is 2.52. The van der Waals surface area contributed by atoms with Crippen molar-refractivity contribution in [2.75, 3.05) is 0 Å². The zero-order chi connectivity index (χ0) is 19.1. The highest BCUT2D eigenvalue weighted by Gasteiger charge is 2.03. The number of nitrogens with zero attached hydrogens (tertiary/aromatic N) is 1. The number of rotatable bonds is 6. The summed E-state index contributed by atoms with van der Waals surface area (Å²) in [5, 5.41) is 3.94. The van der Waals surface area contributed by atoms with E-state index in [-0.39, 0.29) is 0 Å². The first-order valence-corrected chi connectivity index (χ1v) is 8.47. The highest BCUT2D eigenvalue weighted by Crippen LogP contribution is 2.14. The molecule has 0 radical (unpaired) electrons. The lowest BCUT2D eigenvalue weighted by molar-refractivity contribution is 0.0955. The third-order valence-electron chi connectivity index (χ3n) is 3.87. The van der Waals surface area contributed by atoms with Crippen molar-refractivity contribution in [3.8, 4) is 5.75 Å². The number of hydrazone groups is 1. The molecule has 0 heterocycles. The van der Waals surface area contributed by atoms with Crippen molar-refractivity contribution in [3.05, 3.63) is 101 Å². The van der Waals surface area contributed by atoms with Crippen molar-refractivity contribution in [2.45, 2.75) is 13.5 Å². The lowest BCUT2D eigenvalue weighted by atomic mass is 10.2. The Kier molecular flexibility index (Phi) is 5.94. The van der Waals surface area contributed by atoms with E-state index >= 15 is 0 Å². The molecule has 136 valence electrons. The molecule has 4 nitrogen and oxygen atoms in total. The summed E-state index contributed by atoms with van der Waals surface area (Å²) in [6.07, 6.45) is 1.53. The Morgan fingerprint density at radius 2 is 1.81 bits per heavy atom. The van der Waals surface area contributed by atoms with Crippen LogP contribution in [-0.4, -0.2) is 12.1 Å². The minimum absolute atomic E-state index is 0.337. The number of amides is 1. The Hall–Kier alpha value is -3.47. The summed E-state index contributed by atoms with van der Waals surface area (Å²) in [7, 11) is 0. The maximum Gasteiger partial charge on any atom is 0.271 e. The molecule has 3 aromatic rings. The van der Waals surface area contributed by atoms with E-state index in [4.69, 9.17) is 4.74 Å². The summed E-state index contributed by atoms with van der Waals surface area (Å²) in [5.41, 5.74) is 5.84. The first-order valence-electron chi connectivity index (χ1n) is 8.47. The first-order chi connectivity index (χ1) is 13.1. The topological polar surface area (TPSA) is 50.7 Å². The molecular weight excluding hydrogens is 343 g/mol. The number of carbonyl (C=O) groups is 1. The number of ether oxygens (including phenoxy) is 1. The number of hydrogen-bond acceptors (Lipinski definition) is 3. The van der Waals surface area contributed by atoms with Crippen LogP contribution in [0.15, 0.2) is 77.9 Å². The molecule has 5 heteroatoms. The van der Waals surface area contributed by atoms with Gasteiger partial charge in [0.05, 0.1) is 6.21 Å². The monoisotopic (exact) mass is 362 g/mol. The van der Waals surface area contributed by atoms with E-state index < -0.39 is 11.7 Å². The molecule has 3 aromatic carbocycles. The van der Waals surface area contributed by atoms with Crippen LogP contribution in [0, 0.1) is 12.7 Å². The predicted octanol–water partition coefficient (Wildman–Crippen LogP) is 4.48. The quantitative estimate of drug-likeness (QED) is 0.519. The van der Waals surface area contributed by atoms with Crippen LogP contribution in [0.4, 0.5) is 4.39 Å². The lowest BCUT2D eigenvalue weighted by Gasteiger charge is -2.07. The van der Waals surface area contributed by atoms with Gasteiger partial charge in [-0.05, 0) is 54.4 Å². The van der Waals surface area contributed by atoms with Gasteiger partial charge in [-0.25, -0.2) is 9.82 Å². The fourth-order valence-corrected chi connectivity index (χ4v) is 2.37. The maximum absolute atomic E-state index is 12.9. The molecule has 0 aliphatic rings. The molecule has 0 saturated carbocycles. The molecule has 27 heavy (non-hydrogen) atoms. The highest BCUT2D eigenvalue weighted by molar-refractivity contribution is 5.94. The molecule has 0 fully saturated rings. The highest BCUT2D eigenvalue weighted by atomic mass is 19.1. The zero-order valence-corrected chi connectivity index (χ0v) is 14.9. The van der Waals surface area contributed by atoms with Crippen LogP contribution < -0.4 is 10.2 Å². The fourth-order valence-electron chi connectivity index (χ4n) is 2.37. The van der Waals surface area contributed by atoms with Crippen LogP contribution in [-0.2, 0) is 6.61 Å². The van der Waals surface area contributed by atoms with Gasteiger partial charge < -0.3 is 4.74 Å². The molecule has 0 spiro atoms. The maximum atomic E-state index is 12.9. The largest absolute Gasteiger partial charge is 0.489 e. The Balaban J connectivity index is 1.56. The van der Waals surface area contributed by atoms with Crippen molar-refractivity contribution in [1.82, 2.24) is 5.43 Å². The zero-order valence-electron chi connectivity index (χ0n) is 14.9. The second kappa shape index (κ2) is 8.76. The molecule has 0 unspecified atom stereocenters. The summed E-state index contributed by atoms with van der Waals surface area (Å²) in [5.74, 6) is -0.0834. The van der Waals surface area contributed by atoms with E-state index in [9.17, 15) is 9.18 Å². The number of halogens is 1.